The van der Waals surface area contributed by atoms with Gasteiger partial charge in [-0.05, 0) is 37.3 Å². The Labute approximate surface area is 95.1 Å². The maximum Gasteiger partial charge on any atom is 0.0638 e. The lowest BCUT2D eigenvalue weighted by molar-refractivity contribution is 0.147. The van der Waals surface area contributed by atoms with Crippen LogP contribution in [0.5, 0.6) is 0 Å². The molecule has 0 radical (unpaired) electrons. The molecule has 3 heteroatoms. The maximum absolute atomic E-state index is 8.73. The average molecular weight is 220 g/mol. The number of hydrogen-bond donors (Lipinski definition) is 0. The minimum atomic E-state index is 0.373. The molecular weight excluding hydrogens is 204 g/mol. The molecule has 1 aromatic heterocycles. The van der Waals surface area contributed by atoms with Gasteiger partial charge in [0.1, 0.15) is 0 Å². The highest BCUT2D eigenvalue weighted by molar-refractivity contribution is 7.10. The summed E-state index contributed by atoms with van der Waals surface area (Å²) < 4.78 is 0. The largest absolute Gasteiger partial charge is 0.293 e. The van der Waals surface area contributed by atoms with Crippen LogP contribution in [0.2, 0.25) is 0 Å². The molecule has 0 saturated carbocycles. The molecule has 0 fully saturated rings. The minimum absolute atomic E-state index is 0.373. The van der Waals surface area contributed by atoms with Crippen LogP contribution in [0.3, 0.4) is 0 Å². The van der Waals surface area contributed by atoms with E-state index in [1.807, 2.05) is 11.3 Å². The molecule has 1 aliphatic rings. The summed E-state index contributed by atoms with van der Waals surface area (Å²) in [7, 11) is 0. The molecule has 1 aliphatic heterocycles. The van der Waals surface area contributed by atoms with Crippen molar-refractivity contribution in [1.82, 2.24) is 4.90 Å². The van der Waals surface area contributed by atoms with E-state index in [9.17, 15) is 0 Å². The molecule has 15 heavy (non-hydrogen) atoms. The van der Waals surface area contributed by atoms with E-state index in [-0.39, 0.29) is 0 Å². The smallest absolute Gasteiger partial charge is 0.0638 e. The third kappa shape index (κ3) is 1.92. The van der Waals surface area contributed by atoms with Crippen LogP contribution in [0.25, 0.3) is 0 Å². The van der Waals surface area contributed by atoms with Gasteiger partial charge in [0.15, 0.2) is 0 Å². The van der Waals surface area contributed by atoms with Crippen molar-refractivity contribution in [3.05, 3.63) is 21.9 Å². The van der Waals surface area contributed by atoms with Gasteiger partial charge in [-0.2, -0.15) is 5.26 Å². The Balaban J connectivity index is 2.16. The summed E-state index contributed by atoms with van der Waals surface area (Å²) in [6.45, 7) is 5.49. The Morgan fingerprint density at radius 2 is 2.53 bits per heavy atom. The van der Waals surface area contributed by atoms with Crippen molar-refractivity contribution in [2.45, 2.75) is 38.8 Å². The van der Waals surface area contributed by atoms with Gasteiger partial charge < -0.3 is 0 Å². The van der Waals surface area contributed by atoms with Gasteiger partial charge >= 0.3 is 0 Å². The van der Waals surface area contributed by atoms with Gasteiger partial charge in [0.05, 0.1) is 12.5 Å². The summed E-state index contributed by atoms with van der Waals surface area (Å²) in [4.78, 5) is 3.97. The zero-order valence-corrected chi connectivity index (χ0v) is 10.0. The Hall–Kier alpha value is -0.850. The Morgan fingerprint density at radius 1 is 1.73 bits per heavy atom. The van der Waals surface area contributed by atoms with E-state index in [0.29, 0.717) is 18.5 Å². The van der Waals surface area contributed by atoms with Crippen LogP contribution >= 0.6 is 11.3 Å². The van der Waals surface area contributed by atoms with E-state index in [0.717, 1.165) is 13.0 Å². The lowest BCUT2D eigenvalue weighted by atomic mass is 9.99. The number of thiophene rings is 1. The van der Waals surface area contributed by atoms with Gasteiger partial charge in [0.2, 0.25) is 0 Å². The van der Waals surface area contributed by atoms with E-state index in [1.165, 1.54) is 10.4 Å². The standard InChI is InChI=1S/C12H16N2S/c1-9(3-6-13)14-7-4-12-11(10(14)2)5-8-15-12/h5,8-10H,3-4,7H2,1-2H3. The quantitative estimate of drug-likeness (QED) is 0.766. The normalized spacial score (nSPS) is 23.1. The van der Waals surface area contributed by atoms with Gasteiger partial charge in [-0.15, -0.1) is 11.3 Å². The fourth-order valence-corrected chi connectivity index (χ4v) is 3.34. The molecule has 0 aliphatic carbocycles. The Bertz CT molecular complexity index is 377. The van der Waals surface area contributed by atoms with Crippen LogP contribution in [0.1, 0.15) is 36.8 Å². The monoisotopic (exact) mass is 220 g/mol. The molecule has 80 valence electrons. The fraction of sp³-hybridized carbons (Fsp3) is 0.583. The summed E-state index contributed by atoms with van der Waals surface area (Å²) in [6.07, 6.45) is 1.77. The van der Waals surface area contributed by atoms with Gasteiger partial charge in [-0.1, -0.05) is 0 Å². The highest BCUT2D eigenvalue weighted by Gasteiger charge is 2.27. The van der Waals surface area contributed by atoms with Crippen LogP contribution in [0, 0.1) is 11.3 Å². The van der Waals surface area contributed by atoms with E-state index >= 15 is 0 Å². The van der Waals surface area contributed by atoms with Crippen molar-refractivity contribution in [2.24, 2.45) is 0 Å². The lowest BCUT2D eigenvalue weighted by Gasteiger charge is -2.37. The summed E-state index contributed by atoms with van der Waals surface area (Å²) in [5.41, 5.74) is 1.47. The van der Waals surface area contributed by atoms with Crippen molar-refractivity contribution in [3.8, 4) is 6.07 Å². The highest BCUT2D eigenvalue weighted by Crippen LogP contribution is 2.34. The highest BCUT2D eigenvalue weighted by atomic mass is 32.1. The SMILES string of the molecule is CC(CC#N)N1CCc2sccc2C1C. The lowest BCUT2D eigenvalue weighted by Crippen LogP contribution is -2.39. The van der Waals surface area contributed by atoms with Gasteiger partial charge in [-0.3, -0.25) is 4.90 Å². The van der Waals surface area contributed by atoms with Gasteiger partial charge in [0.25, 0.3) is 0 Å². The second-order valence-electron chi connectivity index (χ2n) is 4.17. The van der Waals surface area contributed by atoms with Crippen LogP contribution in [-0.4, -0.2) is 17.5 Å². The third-order valence-corrected chi connectivity index (χ3v) is 4.27. The molecule has 0 bridgehead atoms. The molecular formula is C12H16N2S. The van der Waals surface area contributed by atoms with Crippen LogP contribution in [-0.2, 0) is 6.42 Å². The molecule has 2 unspecified atom stereocenters. The maximum atomic E-state index is 8.73. The summed E-state index contributed by atoms with van der Waals surface area (Å²) in [6, 6.07) is 5.34. The molecule has 1 aromatic rings. The van der Waals surface area contributed by atoms with Gasteiger partial charge in [0, 0.05) is 23.5 Å². The van der Waals surface area contributed by atoms with Crippen molar-refractivity contribution in [2.75, 3.05) is 6.54 Å². The first-order chi connectivity index (χ1) is 7.24. The Morgan fingerprint density at radius 3 is 3.27 bits per heavy atom. The first-order valence-electron chi connectivity index (χ1n) is 5.43. The minimum Gasteiger partial charge on any atom is -0.293 e. The number of fused-ring (bicyclic) bond motifs is 1. The van der Waals surface area contributed by atoms with Crippen molar-refractivity contribution >= 4 is 11.3 Å². The van der Waals surface area contributed by atoms with E-state index in [2.05, 4.69) is 36.3 Å². The molecule has 0 aromatic carbocycles. The topological polar surface area (TPSA) is 27.0 Å². The second kappa shape index (κ2) is 4.34. The van der Waals surface area contributed by atoms with E-state index in [4.69, 9.17) is 5.26 Å². The second-order valence-corrected chi connectivity index (χ2v) is 5.17. The third-order valence-electron chi connectivity index (χ3n) is 3.28. The van der Waals surface area contributed by atoms with E-state index < -0.39 is 0 Å². The van der Waals surface area contributed by atoms with Crippen molar-refractivity contribution in [3.63, 3.8) is 0 Å². The fourth-order valence-electron chi connectivity index (χ4n) is 2.38. The first kappa shape index (κ1) is 10.7. The van der Waals surface area contributed by atoms with Crippen LogP contribution in [0.15, 0.2) is 11.4 Å². The zero-order valence-electron chi connectivity index (χ0n) is 9.23. The summed E-state index contributed by atoms with van der Waals surface area (Å²) >= 11 is 1.86. The molecule has 2 heterocycles. The van der Waals surface area contributed by atoms with Crippen molar-refractivity contribution in [1.29, 1.82) is 5.26 Å². The molecule has 0 saturated heterocycles. The summed E-state index contributed by atoms with van der Waals surface area (Å²) in [5.74, 6) is 0. The van der Waals surface area contributed by atoms with Gasteiger partial charge in [-0.25, -0.2) is 0 Å². The molecule has 2 nitrogen and oxygen atoms in total. The van der Waals surface area contributed by atoms with Crippen LogP contribution < -0.4 is 0 Å². The molecule has 0 spiro atoms. The first-order valence-corrected chi connectivity index (χ1v) is 6.31. The number of nitriles is 1. The number of nitrogens with zero attached hydrogens (tertiary/aromatic N) is 2. The average Bonchev–Trinajstić information content (AvgIpc) is 2.67. The zero-order chi connectivity index (χ0) is 10.8. The van der Waals surface area contributed by atoms with Crippen LogP contribution in [0.4, 0.5) is 0 Å². The number of hydrogen-bond acceptors (Lipinski definition) is 3. The van der Waals surface area contributed by atoms with E-state index in [1.54, 1.807) is 0 Å². The molecule has 2 atom stereocenters. The molecule has 0 amide bonds. The molecule has 2 rings (SSSR count). The molecule has 0 N–H and O–H groups in total. The summed E-state index contributed by atoms with van der Waals surface area (Å²) in [5, 5.41) is 10.9. The predicted octanol–water partition coefficient (Wildman–Crippen LogP) is 2.97. The van der Waals surface area contributed by atoms with Crippen molar-refractivity contribution < 1.29 is 0 Å². The Kier molecular flexibility index (Phi) is 3.08. The predicted molar refractivity (Wildman–Crippen MR) is 62.8 cm³/mol. The number of rotatable bonds is 2.